The molecule has 104 valence electrons. The van der Waals surface area contributed by atoms with Crippen LogP contribution in [-0.4, -0.2) is 11.1 Å². The number of rotatable bonds is 4. The number of aromatic carboxylic acids is 1. The van der Waals surface area contributed by atoms with Gasteiger partial charge in [0.25, 0.3) is 0 Å². The van der Waals surface area contributed by atoms with E-state index in [1.807, 2.05) is 18.2 Å². The van der Waals surface area contributed by atoms with E-state index in [4.69, 9.17) is 9.84 Å². The van der Waals surface area contributed by atoms with E-state index in [0.29, 0.717) is 12.4 Å². The molecule has 3 aromatic carbocycles. The van der Waals surface area contributed by atoms with Gasteiger partial charge < -0.3 is 9.84 Å². The van der Waals surface area contributed by atoms with Crippen molar-refractivity contribution in [3.05, 3.63) is 77.9 Å². The van der Waals surface area contributed by atoms with Gasteiger partial charge in [-0.2, -0.15) is 0 Å². The van der Waals surface area contributed by atoms with Crippen molar-refractivity contribution in [1.29, 1.82) is 0 Å². The molecule has 3 heteroatoms. The Balaban J connectivity index is 1.77. The minimum Gasteiger partial charge on any atom is -0.489 e. The highest BCUT2D eigenvalue weighted by atomic mass is 16.5. The summed E-state index contributed by atoms with van der Waals surface area (Å²) in [6.07, 6.45) is 0. The molecule has 3 nitrogen and oxygen atoms in total. The average molecular weight is 278 g/mol. The molecule has 0 aliphatic rings. The molecular formula is C18H14O3. The molecule has 0 saturated carbocycles. The van der Waals surface area contributed by atoms with Gasteiger partial charge in [0.2, 0.25) is 0 Å². The first-order chi connectivity index (χ1) is 10.2. The number of carbonyl (C=O) groups is 1. The highest BCUT2D eigenvalue weighted by molar-refractivity contribution is 5.88. The topological polar surface area (TPSA) is 46.5 Å². The fourth-order valence-electron chi connectivity index (χ4n) is 2.21. The van der Waals surface area contributed by atoms with E-state index in [2.05, 4.69) is 24.3 Å². The van der Waals surface area contributed by atoms with Crippen molar-refractivity contribution in [3.63, 3.8) is 0 Å². The quantitative estimate of drug-likeness (QED) is 0.781. The standard InChI is InChI=1S/C18H14O3/c19-18(20)16-6-3-7-17(11-16)21-12-13-8-9-14-4-1-2-5-15(14)10-13/h1-11H,12H2,(H,19,20). The molecule has 0 spiro atoms. The van der Waals surface area contributed by atoms with Crippen LogP contribution < -0.4 is 4.74 Å². The van der Waals surface area contributed by atoms with E-state index in [1.54, 1.807) is 18.2 Å². The summed E-state index contributed by atoms with van der Waals surface area (Å²) < 4.78 is 5.67. The zero-order valence-corrected chi connectivity index (χ0v) is 11.3. The van der Waals surface area contributed by atoms with E-state index in [1.165, 1.54) is 11.5 Å². The van der Waals surface area contributed by atoms with Crippen molar-refractivity contribution in [2.75, 3.05) is 0 Å². The molecule has 0 atom stereocenters. The Morgan fingerprint density at radius 3 is 2.52 bits per heavy atom. The number of carboxylic acid groups (broad SMARTS) is 1. The van der Waals surface area contributed by atoms with Gasteiger partial charge in [0.1, 0.15) is 12.4 Å². The van der Waals surface area contributed by atoms with Crippen LogP contribution in [0.25, 0.3) is 10.8 Å². The molecule has 0 unspecified atom stereocenters. The second-order valence-corrected chi connectivity index (χ2v) is 4.80. The van der Waals surface area contributed by atoms with Gasteiger partial charge in [-0.05, 0) is 40.6 Å². The minimum atomic E-state index is -0.953. The maximum Gasteiger partial charge on any atom is 0.335 e. The molecule has 0 radical (unpaired) electrons. The normalized spacial score (nSPS) is 10.5. The zero-order chi connectivity index (χ0) is 14.7. The summed E-state index contributed by atoms with van der Waals surface area (Å²) in [7, 11) is 0. The molecular weight excluding hydrogens is 264 g/mol. The van der Waals surface area contributed by atoms with Crippen LogP contribution in [0.1, 0.15) is 15.9 Å². The Hall–Kier alpha value is -2.81. The van der Waals surface area contributed by atoms with Crippen molar-refractivity contribution in [1.82, 2.24) is 0 Å². The van der Waals surface area contributed by atoms with E-state index >= 15 is 0 Å². The van der Waals surface area contributed by atoms with Crippen LogP contribution in [0.15, 0.2) is 66.7 Å². The zero-order valence-electron chi connectivity index (χ0n) is 11.3. The van der Waals surface area contributed by atoms with E-state index < -0.39 is 5.97 Å². The Kier molecular flexibility index (Phi) is 3.56. The lowest BCUT2D eigenvalue weighted by Crippen LogP contribution is -1.99. The smallest absolute Gasteiger partial charge is 0.335 e. The lowest BCUT2D eigenvalue weighted by atomic mass is 10.1. The first-order valence-electron chi connectivity index (χ1n) is 6.66. The lowest BCUT2D eigenvalue weighted by molar-refractivity contribution is 0.0696. The molecule has 3 rings (SSSR count). The van der Waals surface area contributed by atoms with E-state index in [-0.39, 0.29) is 5.56 Å². The number of hydrogen-bond acceptors (Lipinski definition) is 2. The van der Waals surface area contributed by atoms with Crippen molar-refractivity contribution in [3.8, 4) is 5.75 Å². The molecule has 0 saturated heterocycles. The molecule has 1 N–H and O–H groups in total. The van der Waals surface area contributed by atoms with Crippen molar-refractivity contribution in [2.24, 2.45) is 0 Å². The maximum absolute atomic E-state index is 10.9. The molecule has 0 fully saturated rings. The summed E-state index contributed by atoms with van der Waals surface area (Å²) in [5.41, 5.74) is 1.28. The Bertz CT molecular complexity index is 793. The van der Waals surface area contributed by atoms with Gasteiger partial charge in [-0.15, -0.1) is 0 Å². The van der Waals surface area contributed by atoms with Crippen molar-refractivity contribution < 1.29 is 14.6 Å². The van der Waals surface area contributed by atoms with Gasteiger partial charge >= 0.3 is 5.97 Å². The Labute approximate surface area is 122 Å². The summed E-state index contributed by atoms with van der Waals surface area (Å²) in [6, 6.07) is 20.8. The summed E-state index contributed by atoms with van der Waals surface area (Å²) in [6.45, 7) is 0.411. The van der Waals surface area contributed by atoms with Crippen LogP contribution in [0.3, 0.4) is 0 Å². The third-order valence-corrected chi connectivity index (χ3v) is 3.30. The number of benzene rings is 3. The maximum atomic E-state index is 10.9. The predicted molar refractivity (Wildman–Crippen MR) is 81.7 cm³/mol. The molecule has 0 heterocycles. The number of fused-ring (bicyclic) bond motifs is 1. The summed E-state index contributed by atoms with van der Waals surface area (Å²) >= 11 is 0. The summed E-state index contributed by atoms with van der Waals surface area (Å²) in [5, 5.41) is 11.3. The molecule has 0 aromatic heterocycles. The van der Waals surface area contributed by atoms with Gasteiger partial charge in [-0.25, -0.2) is 4.79 Å². The average Bonchev–Trinajstić information content (AvgIpc) is 2.53. The van der Waals surface area contributed by atoms with Gasteiger partial charge in [-0.1, -0.05) is 42.5 Å². The van der Waals surface area contributed by atoms with Gasteiger partial charge in [0, 0.05) is 0 Å². The first kappa shape index (κ1) is 13.2. The second-order valence-electron chi connectivity index (χ2n) is 4.80. The Morgan fingerprint density at radius 2 is 1.71 bits per heavy atom. The highest BCUT2D eigenvalue weighted by Gasteiger charge is 2.04. The minimum absolute atomic E-state index is 0.228. The van der Waals surface area contributed by atoms with E-state index in [9.17, 15) is 4.79 Å². The molecule has 0 amide bonds. The Morgan fingerprint density at radius 1 is 0.905 bits per heavy atom. The number of ether oxygens (including phenoxy) is 1. The van der Waals surface area contributed by atoms with Crippen molar-refractivity contribution >= 4 is 16.7 Å². The SMILES string of the molecule is O=C(O)c1cccc(OCc2ccc3ccccc3c2)c1. The fraction of sp³-hybridized carbons (Fsp3) is 0.0556. The van der Waals surface area contributed by atoms with Crippen LogP contribution in [0.5, 0.6) is 5.75 Å². The van der Waals surface area contributed by atoms with Gasteiger partial charge in [0.15, 0.2) is 0 Å². The lowest BCUT2D eigenvalue weighted by Gasteiger charge is -2.08. The summed E-state index contributed by atoms with van der Waals surface area (Å²) in [5.74, 6) is -0.394. The van der Waals surface area contributed by atoms with Gasteiger partial charge in [-0.3, -0.25) is 0 Å². The summed E-state index contributed by atoms with van der Waals surface area (Å²) in [4.78, 5) is 10.9. The van der Waals surface area contributed by atoms with Gasteiger partial charge in [0.05, 0.1) is 5.56 Å². The van der Waals surface area contributed by atoms with Crippen LogP contribution in [-0.2, 0) is 6.61 Å². The first-order valence-corrected chi connectivity index (χ1v) is 6.66. The molecule has 21 heavy (non-hydrogen) atoms. The van der Waals surface area contributed by atoms with E-state index in [0.717, 1.165) is 10.9 Å². The molecule has 0 aliphatic heterocycles. The number of carboxylic acids is 1. The molecule has 3 aromatic rings. The van der Waals surface area contributed by atoms with Crippen LogP contribution >= 0.6 is 0 Å². The third-order valence-electron chi connectivity index (χ3n) is 3.30. The highest BCUT2D eigenvalue weighted by Crippen LogP contribution is 2.18. The molecule has 0 bridgehead atoms. The second kappa shape index (κ2) is 5.67. The molecule has 0 aliphatic carbocycles. The van der Waals surface area contributed by atoms with Crippen molar-refractivity contribution in [2.45, 2.75) is 6.61 Å². The van der Waals surface area contributed by atoms with Crippen LogP contribution in [0, 0.1) is 0 Å². The third kappa shape index (κ3) is 3.03. The fourth-order valence-corrected chi connectivity index (χ4v) is 2.21. The number of hydrogen-bond donors (Lipinski definition) is 1. The monoisotopic (exact) mass is 278 g/mol. The predicted octanol–water partition coefficient (Wildman–Crippen LogP) is 4.12. The van der Waals surface area contributed by atoms with Crippen LogP contribution in [0.4, 0.5) is 0 Å². The van der Waals surface area contributed by atoms with Crippen LogP contribution in [0.2, 0.25) is 0 Å². The largest absolute Gasteiger partial charge is 0.489 e.